The number of hydrogen-bond donors (Lipinski definition) is 2. The Labute approximate surface area is 165 Å². The van der Waals surface area contributed by atoms with E-state index in [2.05, 4.69) is 20.5 Å². The molecule has 2 aromatic carbocycles. The second-order valence-corrected chi connectivity index (χ2v) is 6.55. The van der Waals surface area contributed by atoms with Gasteiger partial charge < -0.3 is 20.3 Å². The van der Waals surface area contributed by atoms with Crippen LogP contribution in [0.1, 0.15) is 10.4 Å². The summed E-state index contributed by atoms with van der Waals surface area (Å²) in [6.45, 7) is 1.64. The van der Waals surface area contributed by atoms with Gasteiger partial charge in [0.25, 0.3) is 5.91 Å². The summed E-state index contributed by atoms with van der Waals surface area (Å²) in [5.74, 6) is 1.97. The van der Waals surface area contributed by atoms with E-state index in [1.54, 1.807) is 18.3 Å². The molecule has 1 amide bonds. The lowest BCUT2D eigenvalue weighted by Gasteiger charge is -2.11. The first-order chi connectivity index (χ1) is 13.6. The Kier molecular flexibility index (Phi) is 6.59. The monoisotopic (exact) mass is 376 g/mol. The molecule has 0 bridgehead atoms. The van der Waals surface area contributed by atoms with Crippen molar-refractivity contribution in [1.29, 1.82) is 0 Å². The predicted octanol–water partition coefficient (Wildman–Crippen LogP) is 4.10. The SMILES string of the molecule is CN(C)CCNc1cc(C(=O)Nc2ccc(Oc3ccccc3)cc2)ccn1. The van der Waals surface area contributed by atoms with E-state index >= 15 is 0 Å². The Balaban J connectivity index is 1.58. The number of amides is 1. The second kappa shape index (κ2) is 9.53. The molecule has 0 radical (unpaired) electrons. The first kappa shape index (κ1) is 19.4. The summed E-state index contributed by atoms with van der Waals surface area (Å²) < 4.78 is 5.76. The third-order valence-electron chi connectivity index (χ3n) is 3.98. The average molecular weight is 376 g/mol. The minimum Gasteiger partial charge on any atom is -0.457 e. The van der Waals surface area contributed by atoms with Crippen molar-refractivity contribution in [2.24, 2.45) is 0 Å². The molecule has 6 nitrogen and oxygen atoms in total. The molecule has 144 valence electrons. The van der Waals surface area contributed by atoms with Crippen LogP contribution in [0.5, 0.6) is 11.5 Å². The summed E-state index contributed by atoms with van der Waals surface area (Å²) in [7, 11) is 4.02. The summed E-state index contributed by atoms with van der Waals surface area (Å²) in [4.78, 5) is 18.8. The molecule has 1 aromatic heterocycles. The number of para-hydroxylation sites is 1. The van der Waals surface area contributed by atoms with Crippen LogP contribution in [0.3, 0.4) is 0 Å². The summed E-state index contributed by atoms with van der Waals surface area (Å²) in [6, 6.07) is 20.3. The Morgan fingerprint density at radius 3 is 2.43 bits per heavy atom. The standard InChI is InChI=1S/C22H24N4O2/c1-26(2)15-14-24-21-16-17(12-13-23-21)22(27)25-18-8-10-20(11-9-18)28-19-6-4-3-5-7-19/h3-13,16H,14-15H2,1-2H3,(H,23,24)(H,25,27). The van der Waals surface area contributed by atoms with Crippen molar-refractivity contribution >= 4 is 17.4 Å². The maximum atomic E-state index is 12.5. The average Bonchev–Trinajstić information content (AvgIpc) is 2.70. The number of ether oxygens (including phenoxy) is 1. The molecule has 0 atom stereocenters. The molecule has 28 heavy (non-hydrogen) atoms. The molecule has 0 fully saturated rings. The van der Waals surface area contributed by atoms with Crippen LogP contribution in [0, 0.1) is 0 Å². The molecule has 0 aliphatic heterocycles. The number of pyridine rings is 1. The molecule has 0 aliphatic carbocycles. The van der Waals surface area contributed by atoms with Gasteiger partial charge in [-0.25, -0.2) is 4.98 Å². The van der Waals surface area contributed by atoms with Crippen LogP contribution in [0.2, 0.25) is 0 Å². The van der Waals surface area contributed by atoms with Crippen LogP contribution in [0.15, 0.2) is 72.9 Å². The molecule has 3 rings (SSSR count). The Hall–Kier alpha value is -3.38. The molecule has 0 spiro atoms. The zero-order valence-corrected chi connectivity index (χ0v) is 16.1. The van der Waals surface area contributed by atoms with Crippen LogP contribution in [-0.2, 0) is 0 Å². The van der Waals surface area contributed by atoms with E-state index in [0.29, 0.717) is 22.8 Å². The largest absolute Gasteiger partial charge is 0.457 e. The van der Waals surface area contributed by atoms with E-state index in [9.17, 15) is 4.79 Å². The number of benzene rings is 2. The van der Waals surface area contributed by atoms with E-state index in [0.717, 1.165) is 18.8 Å². The topological polar surface area (TPSA) is 66.5 Å². The maximum absolute atomic E-state index is 12.5. The van der Waals surface area contributed by atoms with Gasteiger partial charge in [0.15, 0.2) is 0 Å². The fourth-order valence-electron chi connectivity index (χ4n) is 2.51. The van der Waals surface area contributed by atoms with Gasteiger partial charge in [-0.15, -0.1) is 0 Å². The Morgan fingerprint density at radius 1 is 1.00 bits per heavy atom. The van der Waals surface area contributed by atoms with Crippen LogP contribution in [-0.4, -0.2) is 43.0 Å². The zero-order valence-electron chi connectivity index (χ0n) is 16.1. The first-order valence-electron chi connectivity index (χ1n) is 9.09. The molecule has 3 aromatic rings. The predicted molar refractivity (Wildman–Crippen MR) is 112 cm³/mol. The van der Waals surface area contributed by atoms with Crippen molar-refractivity contribution in [1.82, 2.24) is 9.88 Å². The van der Waals surface area contributed by atoms with Crippen molar-refractivity contribution in [2.45, 2.75) is 0 Å². The van der Waals surface area contributed by atoms with Gasteiger partial charge in [-0.05, 0) is 62.6 Å². The molecule has 2 N–H and O–H groups in total. The zero-order chi connectivity index (χ0) is 19.8. The number of nitrogens with one attached hydrogen (secondary N) is 2. The lowest BCUT2D eigenvalue weighted by atomic mass is 10.2. The quantitative estimate of drug-likeness (QED) is 0.620. The molecule has 0 aliphatic rings. The molecule has 0 saturated carbocycles. The number of carbonyl (C=O) groups is 1. The highest BCUT2D eigenvalue weighted by atomic mass is 16.5. The normalized spacial score (nSPS) is 10.5. The van der Waals surface area contributed by atoms with E-state index in [4.69, 9.17) is 4.74 Å². The highest BCUT2D eigenvalue weighted by Crippen LogP contribution is 2.23. The van der Waals surface area contributed by atoms with Crippen molar-refractivity contribution in [3.63, 3.8) is 0 Å². The van der Waals surface area contributed by atoms with Gasteiger partial charge >= 0.3 is 0 Å². The maximum Gasteiger partial charge on any atom is 0.255 e. The molecular weight excluding hydrogens is 352 g/mol. The number of rotatable bonds is 8. The third kappa shape index (κ3) is 5.82. The van der Waals surface area contributed by atoms with E-state index < -0.39 is 0 Å². The van der Waals surface area contributed by atoms with Gasteiger partial charge in [-0.1, -0.05) is 18.2 Å². The molecule has 1 heterocycles. The summed E-state index contributed by atoms with van der Waals surface area (Å²) in [6.07, 6.45) is 1.63. The van der Waals surface area contributed by atoms with Crippen LogP contribution in [0.4, 0.5) is 11.5 Å². The number of anilines is 2. The third-order valence-corrected chi connectivity index (χ3v) is 3.98. The smallest absolute Gasteiger partial charge is 0.255 e. The van der Waals surface area contributed by atoms with Crippen LogP contribution in [0.25, 0.3) is 0 Å². The van der Waals surface area contributed by atoms with Crippen molar-refractivity contribution in [2.75, 3.05) is 37.8 Å². The molecule has 0 unspecified atom stereocenters. The van der Waals surface area contributed by atoms with Crippen molar-refractivity contribution in [3.05, 3.63) is 78.5 Å². The lowest BCUT2D eigenvalue weighted by Crippen LogP contribution is -2.21. The fraction of sp³-hybridized carbons (Fsp3) is 0.182. The van der Waals surface area contributed by atoms with Crippen molar-refractivity contribution in [3.8, 4) is 11.5 Å². The summed E-state index contributed by atoms with van der Waals surface area (Å²) in [5, 5.41) is 6.11. The highest BCUT2D eigenvalue weighted by Gasteiger charge is 2.08. The Bertz CT molecular complexity index is 896. The van der Waals surface area contributed by atoms with Gasteiger partial charge in [0.2, 0.25) is 0 Å². The number of hydrogen-bond acceptors (Lipinski definition) is 5. The van der Waals surface area contributed by atoms with E-state index in [-0.39, 0.29) is 5.91 Å². The number of aromatic nitrogens is 1. The molecular formula is C22H24N4O2. The van der Waals surface area contributed by atoms with Crippen LogP contribution < -0.4 is 15.4 Å². The Morgan fingerprint density at radius 2 is 1.71 bits per heavy atom. The van der Waals surface area contributed by atoms with Crippen LogP contribution >= 0.6 is 0 Å². The lowest BCUT2D eigenvalue weighted by molar-refractivity contribution is 0.102. The molecule has 0 saturated heterocycles. The first-order valence-corrected chi connectivity index (χ1v) is 9.09. The fourth-order valence-corrected chi connectivity index (χ4v) is 2.51. The number of carbonyl (C=O) groups excluding carboxylic acids is 1. The van der Waals surface area contributed by atoms with E-state index in [1.807, 2.05) is 68.7 Å². The number of likely N-dealkylation sites (N-methyl/N-ethyl adjacent to an activating group) is 1. The van der Waals surface area contributed by atoms with E-state index in [1.165, 1.54) is 0 Å². The van der Waals surface area contributed by atoms with Crippen molar-refractivity contribution < 1.29 is 9.53 Å². The number of nitrogens with zero attached hydrogens (tertiary/aromatic N) is 2. The summed E-state index contributed by atoms with van der Waals surface area (Å²) in [5.41, 5.74) is 1.25. The van der Waals surface area contributed by atoms with Gasteiger partial charge in [-0.2, -0.15) is 0 Å². The summed E-state index contributed by atoms with van der Waals surface area (Å²) >= 11 is 0. The second-order valence-electron chi connectivity index (χ2n) is 6.55. The minimum absolute atomic E-state index is 0.185. The van der Waals surface area contributed by atoms with Gasteiger partial charge in [0, 0.05) is 30.5 Å². The highest BCUT2D eigenvalue weighted by molar-refractivity contribution is 6.04. The minimum atomic E-state index is -0.185. The van der Waals surface area contributed by atoms with Gasteiger partial charge in [0.05, 0.1) is 0 Å². The van der Waals surface area contributed by atoms with Gasteiger partial charge in [0.1, 0.15) is 17.3 Å². The van der Waals surface area contributed by atoms with Gasteiger partial charge in [-0.3, -0.25) is 4.79 Å². The molecule has 6 heteroatoms.